The van der Waals surface area contributed by atoms with E-state index in [9.17, 15) is 14.7 Å². The van der Waals surface area contributed by atoms with Gasteiger partial charge < -0.3 is 14.6 Å². The number of piperidine rings is 1. The van der Waals surface area contributed by atoms with Gasteiger partial charge in [-0.05, 0) is 43.2 Å². The molecule has 1 unspecified atom stereocenters. The zero-order valence-corrected chi connectivity index (χ0v) is 12.6. The zero-order valence-electron chi connectivity index (χ0n) is 12.6. The van der Waals surface area contributed by atoms with Gasteiger partial charge in [0.1, 0.15) is 11.7 Å². The van der Waals surface area contributed by atoms with Gasteiger partial charge in [-0.2, -0.15) is 0 Å². The van der Waals surface area contributed by atoms with Crippen LogP contribution in [0.5, 0.6) is 0 Å². The number of hydrogen-bond acceptors (Lipinski definition) is 2. The molecule has 0 aromatic carbocycles. The van der Waals surface area contributed by atoms with E-state index in [1.807, 2.05) is 30.7 Å². The Morgan fingerprint density at radius 1 is 1.33 bits per heavy atom. The van der Waals surface area contributed by atoms with Gasteiger partial charge in [-0.1, -0.05) is 13.8 Å². The number of carbonyl (C=O) groups is 2. The maximum atomic E-state index is 12.9. The van der Waals surface area contributed by atoms with Crippen molar-refractivity contribution in [2.75, 3.05) is 6.54 Å². The summed E-state index contributed by atoms with van der Waals surface area (Å²) in [6.45, 7) is 4.39. The van der Waals surface area contributed by atoms with Crippen molar-refractivity contribution in [1.82, 2.24) is 9.47 Å². The van der Waals surface area contributed by atoms with Crippen molar-refractivity contribution in [2.45, 2.75) is 51.6 Å². The molecular weight excluding hydrogens is 268 g/mol. The third-order valence-corrected chi connectivity index (χ3v) is 4.71. The fourth-order valence-electron chi connectivity index (χ4n) is 3.47. The summed E-state index contributed by atoms with van der Waals surface area (Å²) >= 11 is 0. The van der Waals surface area contributed by atoms with Crippen LogP contribution in [-0.2, 0) is 4.79 Å². The van der Waals surface area contributed by atoms with Gasteiger partial charge in [-0.3, -0.25) is 4.79 Å². The minimum atomic E-state index is -0.905. The van der Waals surface area contributed by atoms with Gasteiger partial charge in [0, 0.05) is 18.8 Å². The highest BCUT2D eigenvalue weighted by Crippen LogP contribution is 2.38. The minimum Gasteiger partial charge on any atom is -0.480 e. The molecular formula is C16H22N2O3. The van der Waals surface area contributed by atoms with Crippen LogP contribution < -0.4 is 0 Å². The van der Waals surface area contributed by atoms with Crippen molar-refractivity contribution in [3.8, 4) is 0 Å². The molecule has 0 radical (unpaired) electrons. The Morgan fingerprint density at radius 3 is 2.67 bits per heavy atom. The Balaban J connectivity index is 1.91. The van der Waals surface area contributed by atoms with E-state index in [2.05, 4.69) is 0 Å². The van der Waals surface area contributed by atoms with E-state index < -0.39 is 17.4 Å². The SMILES string of the molecule is CC1(C)CCCN(C(=O)c2cccn2C2CC2)C1C(=O)O. The lowest BCUT2D eigenvalue weighted by molar-refractivity contribution is -0.148. The lowest BCUT2D eigenvalue weighted by Crippen LogP contribution is -2.56. The quantitative estimate of drug-likeness (QED) is 0.930. The molecule has 0 spiro atoms. The highest BCUT2D eigenvalue weighted by Gasteiger charge is 2.45. The lowest BCUT2D eigenvalue weighted by Gasteiger charge is -2.44. The number of likely N-dealkylation sites (tertiary alicyclic amines) is 1. The van der Waals surface area contributed by atoms with Crippen LogP contribution in [0.3, 0.4) is 0 Å². The van der Waals surface area contributed by atoms with Crippen molar-refractivity contribution in [1.29, 1.82) is 0 Å². The average Bonchev–Trinajstić information content (AvgIpc) is 3.13. The smallest absolute Gasteiger partial charge is 0.326 e. The Kier molecular flexibility index (Phi) is 3.30. The number of carbonyl (C=O) groups excluding carboxylic acids is 1. The van der Waals surface area contributed by atoms with Crippen LogP contribution in [0.4, 0.5) is 0 Å². The molecule has 114 valence electrons. The fourth-order valence-corrected chi connectivity index (χ4v) is 3.47. The minimum absolute atomic E-state index is 0.146. The Labute approximate surface area is 124 Å². The van der Waals surface area contributed by atoms with Gasteiger partial charge in [0.05, 0.1) is 0 Å². The zero-order chi connectivity index (χ0) is 15.2. The van der Waals surface area contributed by atoms with Crippen molar-refractivity contribution in [2.24, 2.45) is 5.41 Å². The van der Waals surface area contributed by atoms with E-state index in [-0.39, 0.29) is 5.91 Å². The summed E-state index contributed by atoms with van der Waals surface area (Å²) in [4.78, 5) is 26.1. The molecule has 3 rings (SSSR count). The van der Waals surface area contributed by atoms with Crippen molar-refractivity contribution >= 4 is 11.9 Å². The van der Waals surface area contributed by atoms with Crippen molar-refractivity contribution in [3.63, 3.8) is 0 Å². The van der Waals surface area contributed by atoms with Gasteiger partial charge in [-0.25, -0.2) is 4.79 Å². The number of nitrogens with zero attached hydrogens (tertiary/aromatic N) is 2. The standard InChI is InChI=1S/C16H22N2O3/c1-16(2)8-4-10-18(13(16)15(20)21)14(19)12-5-3-9-17(12)11-6-7-11/h3,5,9,11,13H,4,6-8,10H2,1-2H3,(H,20,21). The molecule has 1 aliphatic carbocycles. The highest BCUT2D eigenvalue weighted by atomic mass is 16.4. The molecule has 1 saturated heterocycles. The first-order chi connectivity index (χ1) is 9.92. The second kappa shape index (κ2) is 4.90. The Bertz CT molecular complexity index is 572. The predicted octanol–water partition coefficient (Wildman–Crippen LogP) is 2.54. The molecule has 5 nitrogen and oxygen atoms in total. The molecule has 21 heavy (non-hydrogen) atoms. The first-order valence-corrected chi connectivity index (χ1v) is 7.62. The van der Waals surface area contributed by atoms with Crippen LogP contribution in [0.1, 0.15) is 56.1 Å². The van der Waals surface area contributed by atoms with E-state index in [1.54, 1.807) is 11.0 Å². The van der Waals surface area contributed by atoms with Gasteiger partial charge in [0.25, 0.3) is 5.91 Å². The fraction of sp³-hybridized carbons (Fsp3) is 0.625. The van der Waals surface area contributed by atoms with Crippen molar-refractivity contribution < 1.29 is 14.7 Å². The van der Waals surface area contributed by atoms with Crippen molar-refractivity contribution in [3.05, 3.63) is 24.0 Å². The highest BCUT2D eigenvalue weighted by molar-refractivity contribution is 5.95. The molecule has 1 aliphatic heterocycles. The Hall–Kier alpha value is -1.78. The summed E-state index contributed by atoms with van der Waals surface area (Å²) in [5, 5.41) is 9.58. The number of aliphatic carboxylic acids is 1. The topological polar surface area (TPSA) is 62.5 Å². The lowest BCUT2D eigenvalue weighted by atomic mass is 9.76. The van der Waals surface area contributed by atoms with E-state index in [0.29, 0.717) is 18.3 Å². The Morgan fingerprint density at radius 2 is 2.05 bits per heavy atom. The second-order valence-electron chi connectivity index (χ2n) is 6.86. The van der Waals surface area contributed by atoms with Crippen LogP contribution in [0, 0.1) is 5.41 Å². The van der Waals surface area contributed by atoms with Crippen LogP contribution >= 0.6 is 0 Å². The van der Waals surface area contributed by atoms with E-state index in [0.717, 1.165) is 25.7 Å². The molecule has 1 aromatic rings. The normalized spacial score (nSPS) is 24.9. The molecule has 1 saturated carbocycles. The summed E-state index contributed by atoms with van der Waals surface area (Å²) in [5.74, 6) is -1.05. The molecule has 2 fully saturated rings. The van der Waals surface area contributed by atoms with Gasteiger partial charge >= 0.3 is 5.97 Å². The van der Waals surface area contributed by atoms with Gasteiger partial charge in [-0.15, -0.1) is 0 Å². The summed E-state index contributed by atoms with van der Waals surface area (Å²) in [6.07, 6.45) is 5.81. The van der Waals surface area contributed by atoms with Crippen LogP contribution in [0.2, 0.25) is 0 Å². The number of aromatic nitrogens is 1. The molecule has 2 aliphatic rings. The number of hydrogen-bond donors (Lipinski definition) is 1. The van der Waals surface area contributed by atoms with Crippen LogP contribution in [0.15, 0.2) is 18.3 Å². The van der Waals surface area contributed by atoms with Gasteiger partial charge in [0.15, 0.2) is 0 Å². The summed E-state index contributed by atoms with van der Waals surface area (Å²) in [5.41, 5.74) is 0.234. The first kappa shape index (κ1) is 14.2. The number of amides is 1. The molecule has 1 N–H and O–H groups in total. The predicted molar refractivity (Wildman–Crippen MR) is 78.2 cm³/mol. The van der Waals surface area contributed by atoms with Crippen LogP contribution in [0.25, 0.3) is 0 Å². The summed E-state index contributed by atoms with van der Waals surface area (Å²) < 4.78 is 2.00. The molecule has 1 amide bonds. The van der Waals surface area contributed by atoms with E-state index in [1.165, 1.54) is 0 Å². The molecule has 2 heterocycles. The average molecular weight is 290 g/mol. The molecule has 1 aromatic heterocycles. The number of carboxylic acids is 1. The molecule has 0 bridgehead atoms. The van der Waals surface area contributed by atoms with E-state index >= 15 is 0 Å². The number of carboxylic acid groups (broad SMARTS) is 1. The summed E-state index contributed by atoms with van der Waals surface area (Å²) in [7, 11) is 0. The van der Waals surface area contributed by atoms with Crippen LogP contribution in [-0.4, -0.2) is 39.0 Å². The third kappa shape index (κ3) is 2.45. The second-order valence-corrected chi connectivity index (χ2v) is 6.86. The maximum Gasteiger partial charge on any atom is 0.326 e. The monoisotopic (exact) mass is 290 g/mol. The first-order valence-electron chi connectivity index (χ1n) is 7.62. The molecule has 5 heteroatoms. The summed E-state index contributed by atoms with van der Waals surface area (Å²) in [6, 6.07) is 3.35. The molecule has 1 atom stereocenters. The third-order valence-electron chi connectivity index (χ3n) is 4.71. The maximum absolute atomic E-state index is 12.9. The van der Waals surface area contributed by atoms with Gasteiger partial charge in [0.2, 0.25) is 0 Å². The van der Waals surface area contributed by atoms with E-state index in [4.69, 9.17) is 0 Å². The number of rotatable bonds is 3. The largest absolute Gasteiger partial charge is 0.480 e.